The lowest BCUT2D eigenvalue weighted by Crippen LogP contribution is -1.96. The van der Waals surface area contributed by atoms with E-state index in [9.17, 15) is 0 Å². The monoisotopic (exact) mass is 285 g/mol. The topological polar surface area (TPSA) is 61.0 Å². The van der Waals surface area contributed by atoms with Gasteiger partial charge in [-0.15, -0.1) is 5.10 Å². The summed E-state index contributed by atoms with van der Waals surface area (Å²) in [6.07, 6.45) is 0. The smallest absolute Gasteiger partial charge is 0.246 e. The van der Waals surface area contributed by atoms with Gasteiger partial charge in [-0.3, -0.25) is 0 Å². The fourth-order valence-electron chi connectivity index (χ4n) is 1.99. The van der Waals surface area contributed by atoms with Crippen LogP contribution < -0.4 is 10.5 Å². The van der Waals surface area contributed by atoms with Crippen molar-refractivity contribution in [3.8, 4) is 11.6 Å². The fraction of sp³-hybridized carbons (Fsp3) is 0.0667. The van der Waals surface area contributed by atoms with E-state index in [0.717, 1.165) is 16.5 Å². The lowest BCUT2D eigenvalue weighted by atomic mass is 10.1. The Bertz CT molecular complexity index is 789. The molecule has 100 valence electrons. The maximum Gasteiger partial charge on any atom is 0.246 e. The number of nitrogens with two attached hydrogens (primary N) is 1. The molecule has 2 aromatic carbocycles. The zero-order valence-corrected chi connectivity index (χ0v) is 11.6. The molecule has 3 rings (SSSR count). The van der Waals surface area contributed by atoms with E-state index < -0.39 is 0 Å². The average molecular weight is 286 g/mol. The molecule has 4 nitrogen and oxygen atoms in total. The van der Waals surface area contributed by atoms with Gasteiger partial charge in [0.2, 0.25) is 5.88 Å². The Morgan fingerprint density at radius 2 is 1.80 bits per heavy atom. The summed E-state index contributed by atoms with van der Waals surface area (Å²) >= 11 is 6.10. The third-order valence-corrected chi connectivity index (χ3v) is 3.31. The fourth-order valence-corrected chi connectivity index (χ4v) is 2.15. The zero-order valence-electron chi connectivity index (χ0n) is 10.8. The third kappa shape index (κ3) is 2.26. The molecule has 0 saturated carbocycles. The number of benzene rings is 2. The third-order valence-electron chi connectivity index (χ3n) is 3.00. The van der Waals surface area contributed by atoms with Crippen LogP contribution in [0.3, 0.4) is 0 Å². The minimum Gasteiger partial charge on any atom is -0.435 e. The maximum atomic E-state index is 6.10. The molecule has 1 heterocycles. The van der Waals surface area contributed by atoms with Gasteiger partial charge in [0.15, 0.2) is 0 Å². The number of anilines is 1. The number of hydrogen-bond donors (Lipinski definition) is 1. The molecule has 20 heavy (non-hydrogen) atoms. The van der Waals surface area contributed by atoms with E-state index in [4.69, 9.17) is 22.1 Å². The summed E-state index contributed by atoms with van der Waals surface area (Å²) in [5.74, 6) is 0.883. The van der Waals surface area contributed by atoms with E-state index in [1.807, 2.05) is 31.2 Å². The minimum atomic E-state index is 0.415. The van der Waals surface area contributed by atoms with Crippen molar-refractivity contribution in [1.82, 2.24) is 10.2 Å². The SMILES string of the molecule is Cc1nnc(Oc2cc(N)ccc2Cl)c2ccccc12. The molecule has 0 fully saturated rings. The van der Waals surface area contributed by atoms with Crippen LogP contribution >= 0.6 is 11.6 Å². The van der Waals surface area contributed by atoms with E-state index in [2.05, 4.69) is 10.2 Å². The number of aromatic nitrogens is 2. The minimum absolute atomic E-state index is 0.415. The first kappa shape index (κ1) is 12.7. The molecule has 0 aliphatic rings. The number of ether oxygens (including phenoxy) is 1. The predicted octanol–water partition coefficient (Wildman–Crippen LogP) is 3.97. The van der Waals surface area contributed by atoms with Gasteiger partial charge >= 0.3 is 0 Å². The zero-order chi connectivity index (χ0) is 14.1. The second-order valence-corrected chi connectivity index (χ2v) is 4.84. The van der Waals surface area contributed by atoms with Gasteiger partial charge in [0.1, 0.15) is 5.75 Å². The molecule has 0 atom stereocenters. The summed E-state index contributed by atoms with van der Waals surface area (Å²) in [4.78, 5) is 0. The van der Waals surface area contributed by atoms with Crippen molar-refractivity contribution in [3.05, 3.63) is 53.2 Å². The van der Waals surface area contributed by atoms with Crippen molar-refractivity contribution in [2.24, 2.45) is 0 Å². The summed E-state index contributed by atoms with van der Waals surface area (Å²) in [7, 11) is 0. The van der Waals surface area contributed by atoms with Crippen LogP contribution in [0.15, 0.2) is 42.5 Å². The van der Waals surface area contributed by atoms with Gasteiger partial charge < -0.3 is 10.5 Å². The molecule has 0 bridgehead atoms. The van der Waals surface area contributed by atoms with Gasteiger partial charge in [-0.2, -0.15) is 5.10 Å². The van der Waals surface area contributed by atoms with Gasteiger partial charge in [-0.1, -0.05) is 29.8 Å². The Labute approximate surface area is 121 Å². The van der Waals surface area contributed by atoms with E-state index >= 15 is 0 Å². The Kier molecular flexibility index (Phi) is 3.16. The number of fused-ring (bicyclic) bond motifs is 1. The van der Waals surface area contributed by atoms with Crippen LogP contribution in [0.4, 0.5) is 5.69 Å². The largest absolute Gasteiger partial charge is 0.435 e. The van der Waals surface area contributed by atoms with Crippen LogP contribution in [0.2, 0.25) is 5.02 Å². The summed E-state index contributed by atoms with van der Waals surface area (Å²) in [6.45, 7) is 1.91. The van der Waals surface area contributed by atoms with Crippen molar-refractivity contribution in [3.63, 3.8) is 0 Å². The first-order valence-corrected chi connectivity index (χ1v) is 6.48. The van der Waals surface area contributed by atoms with Crippen molar-refractivity contribution in [1.29, 1.82) is 0 Å². The number of nitrogen functional groups attached to an aromatic ring is 1. The molecule has 0 radical (unpaired) electrons. The number of aryl methyl sites for hydroxylation is 1. The normalized spacial score (nSPS) is 10.7. The van der Waals surface area contributed by atoms with Crippen molar-refractivity contribution in [2.45, 2.75) is 6.92 Å². The molecular formula is C15H12ClN3O. The Hall–Kier alpha value is -2.33. The maximum absolute atomic E-state index is 6.10. The van der Waals surface area contributed by atoms with Gasteiger partial charge in [-0.25, -0.2) is 0 Å². The lowest BCUT2D eigenvalue weighted by Gasteiger charge is -2.10. The molecular weight excluding hydrogens is 274 g/mol. The van der Waals surface area contributed by atoms with Crippen LogP contribution in [-0.4, -0.2) is 10.2 Å². The van der Waals surface area contributed by atoms with Gasteiger partial charge in [0.05, 0.1) is 10.7 Å². The first-order valence-electron chi connectivity index (χ1n) is 6.10. The van der Waals surface area contributed by atoms with Crippen molar-refractivity contribution >= 4 is 28.1 Å². The molecule has 2 N–H and O–H groups in total. The number of rotatable bonds is 2. The summed E-state index contributed by atoms with van der Waals surface area (Å²) in [5, 5.41) is 10.6. The summed E-state index contributed by atoms with van der Waals surface area (Å²) < 4.78 is 5.77. The Balaban J connectivity index is 2.11. The lowest BCUT2D eigenvalue weighted by molar-refractivity contribution is 0.462. The highest BCUT2D eigenvalue weighted by Crippen LogP contribution is 2.33. The quantitative estimate of drug-likeness (QED) is 0.724. The van der Waals surface area contributed by atoms with E-state index in [1.54, 1.807) is 18.2 Å². The number of hydrogen-bond acceptors (Lipinski definition) is 4. The van der Waals surface area contributed by atoms with Gasteiger partial charge in [0.25, 0.3) is 0 Å². The van der Waals surface area contributed by atoms with Crippen LogP contribution in [0.5, 0.6) is 11.6 Å². The van der Waals surface area contributed by atoms with Gasteiger partial charge in [0, 0.05) is 22.5 Å². The highest BCUT2D eigenvalue weighted by Gasteiger charge is 2.10. The van der Waals surface area contributed by atoms with Crippen LogP contribution in [0.25, 0.3) is 10.8 Å². The highest BCUT2D eigenvalue weighted by molar-refractivity contribution is 6.32. The molecule has 1 aromatic heterocycles. The van der Waals surface area contributed by atoms with Crippen molar-refractivity contribution < 1.29 is 4.74 Å². The molecule has 0 amide bonds. The predicted molar refractivity (Wildman–Crippen MR) is 80.2 cm³/mol. The number of nitrogens with zero attached hydrogens (tertiary/aromatic N) is 2. The standard InChI is InChI=1S/C15H12ClN3O/c1-9-11-4-2-3-5-12(11)15(19-18-9)20-14-8-10(17)6-7-13(14)16/h2-8H,17H2,1H3. The molecule has 0 saturated heterocycles. The highest BCUT2D eigenvalue weighted by atomic mass is 35.5. The molecule has 0 aliphatic heterocycles. The molecule has 5 heteroatoms. The average Bonchev–Trinajstić information content (AvgIpc) is 2.46. The number of halogens is 1. The van der Waals surface area contributed by atoms with Crippen LogP contribution in [0.1, 0.15) is 5.69 Å². The van der Waals surface area contributed by atoms with E-state index in [-0.39, 0.29) is 0 Å². The summed E-state index contributed by atoms with van der Waals surface area (Å²) in [6, 6.07) is 12.9. The van der Waals surface area contributed by atoms with Crippen molar-refractivity contribution in [2.75, 3.05) is 5.73 Å². The molecule has 3 aromatic rings. The molecule has 0 spiro atoms. The van der Waals surface area contributed by atoms with Crippen LogP contribution in [-0.2, 0) is 0 Å². The Morgan fingerprint density at radius 3 is 2.60 bits per heavy atom. The second-order valence-electron chi connectivity index (χ2n) is 4.43. The van der Waals surface area contributed by atoms with E-state index in [0.29, 0.717) is 22.3 Å². The summed E-state index contributed by atoms with van der Waals surface area (Å²) in [5.41, 5.74) is 7.17. The molecule has 0 aliphatic carbocycles. The van der Waals surface area contributed by atoms with E-state index in [1.165, 1.54) is 0 Å². The van der Waals surface area contributed by atoms with Gasteiger partial charge in [-0.05, 0) is 25.1 Å². The second kappa shape index (κ2) is 4.98. The first-order chi connectivity index (χ1) is 9.65. The van der Waals surface area contributed by atoms with Crippen LogP contribution in [0, 0.1) is 6.92 Å². The Morgan fingerprint density at radius 1 is 1.05 bits per heavy atom. The molecule has 0 unspecified atom stereocenters.